The van der Waals surface area contributed by atoms with E-state index in [0.29, 0.717) is 0 Å². The van der Waals surface area contributed by atoms with Crippen molar-refractivity contribution in [1.82, 2.24) is 5.43 Å². The lowest BCUT2D eigenvalue weighted by atomic mass is 10.0. The molecule has 0 bridgehead atoms. The Morgan fingerprint density at radius 1 is 1.24 bits per heavy atom. The third-order valence-corrected chi connectivity index (χ3v) is 3.89. The molecular formula is C13H15BrN2S. The molecule has 90 valence electrons. The van der Waals surface area contributed by atoms with Crippen molar-refractivity contribution in [2.45, 2.75) is 18.9 Å². The van der Waals surface area contributed by atoms with Crippen LogP contribution in [0.4, 0.5) is 0 Å². The van der Waals surface area contributed by atoms with Crippen LogP contribution in [0.5, 0.6) is 0 Å². The number of nitrogens with one attached hydrogen (secondary N) is 1. The van der Waals surface area contributed by atoms with Gasteiger partial charge in [0.15, 0.2) is 0 Å². The van der Waals surface area contributed by atoms with Crippen LogP contribution in [0.2, 0.25) is 0 Å². The number of nitrogens with two attached hydrogens (primary N) is 1. The monoisotopic (exact) mass is 310 g/mol. The minimum absolute atomic E-state index is 0.277. The van der Waals surface area contributed by atoms with E-state index >= 15 is 0 Å². The topological polar surface area (TPSA) is 38.0 Å². The van der Waals surface area contributed by atoms with Gasteiger partial charge >= 0.3 is 0 Å². The Labute approximate surface area is 114 Å². The molecule has 0 aliphatic rings. The average Bonchev–Trinajstić information content (AvgIpc) is 2.81. The molecule has 1 unspecified atom stereocenters. The molecule has 0 fully saturated rings. The van der Waals surface area contributed by atoms with Gasteiger partial charge in [0, 0.05) is 10.5 Å². The summed E-state index contributed by atoms with van der Waals surface area (Å²) in [7, 11) is 0. The molecule has 2 aromatic rings. The van der Waals surface area contributed by atoms with Gasteiger partial charge in [-0.25, -0.2) is 0 Å². The summed E-state index contributed by atoms with van der Waals surface area (Å²) in [6, 6.07) is 10.8. The van der Waals surface area contributed by atoms with Gasteiger partial charge in [0.05, 0.1) is 0 Å². The summed E-state index contributed by atoms with van der Waals surface area (Å²) in [4.78, 5) is 0. The van der Waals surface area contributed by atoms with Crippen molar-refractivity contribution < 1.29 is 0 Å². The Bertz CT molecular complexity index is 456. The Balaban J connectivity index is 2.00. The number of thiophene rings is 1. The zero-order valence-corrected chi connectivity index (χ0v) is 11.8. The Morgan fingerprint density at radius 2 is 2.06 bits per heavy atom. The maximum atomic E-state index is 5.62. The van der Waals surface area contributed by atoms with Crippen molar-refractivity contribution >= 4 is 27.3 Å². The standard InChI is InChI=1S/C13H15BrN2S/c14-12-3-1-2-10(6-12)7-13(16-15)8-11-4-5-17-9-11/h1-6,9,13,16H,7-8,15H2. The van der Waals surface area contributed by atoms with Crippen LogP contribution in [0.15, 0.2) is 45.6 Å². The Morgan fingerprint density at radius 3 is 2.71 bits per heavy atom. The van der Waals surface area contributed by atoms with Crippen molar-refractivity contribution in [3.63, 3.8) is 0 Å². The van der Waals surface area contributed by atoms with E-state index in [-0.39, 0.29) is 6.04 Å². The van der Waals surface area contributed by atoms with Gasteiger partial charge in [-0.2, -0.15) is 11.3 Å². The molecule has 0 amide bonds. The first kappa shape index (κ1) is 12.8. The molecule has 1 heterocycles. The van der Waals surface area contributed by atoms with Gasteiger partial charge in [-0.3, -0.25) is 11.3 Å². The maximum absolute atomic E-state index is 5.62. The lowest BCUT2D eigenvalue weighted by Crippen LogP contribution is -2.38. The van der Waals surface area contributed by atoms with Crippen molar-refractivity contribution in [3.8, 4) is 0 Å². The third-order valence-electron chi connectivity index (χ3n) is 2.67. The van der Waals surface area contributed by atoms with Crippen LogP contribution in [0.25, 0.3) is 0 Å². The Kier molecular flexibility index (Phi) is 4.74. The number of benzene rings is 1. The molecule has 1 aromatic carbocycles. The maximum Gasteiger partial charge on any atom is 0.0291 e. The molecular weight excluding hydrogens is 296 g/mol. The number of hydrazine groups is 1. The van der Waals surface area contributed by atoms with Gasteiger partial charge in [0.25, 0.3) is 0 Å². The fourth-order valence-corrected chi connectivity index (χ4v) is 2.96. The van der Waals surface area contributed by atoms with Gasteiger partial charge < -0.3 is 0 Å². The molecule has 1 atom stereocenters. The summed E-state index contributed by atoms with van der Waals surface area (Å²) in [5.74, 6) is 5.62. The summed E-state index contributed by atoms with van der Waals surface area (Å²) < 4.78 is 1.11. The molecule has 0 saturated carbocycles. The summed E-state index contributed by atoms with van der Waals surface area (Å²) in [5.41, 5.74) is 5.53. The van der Waals surface area contributed by atoms with Crippen molar-refractivity contribution in [3.05, 3.63) is 56.7 Å². The highest BCUT2D eigenvalue weighted by atomic mass is 79.9. The molecule has 2 rings (SSSR count). The van der Waals surface area contributed by atoms with Crippen molar-refractivity contribution in [2.24, 2.45) is 5.84 Å². The van der Waals surface area contributed by atoms with Crippen LogP contribution < -0.4 is 11.3 Å². The van der Waals surface area contributed by atoms with Crippen LogP contribution in [0, 0.1) is 0 Å². The largest absolute Gasteiger partial charge is 0.271 e. The Hall–Kier alpha value is -0.680. The molecule has 2 nitrogen and oxygen atoms in total. The number of halogens is 1. The highest BCUT2D eigenvalue weighted by molar-refractivity contribution is 9.10. The normalized spacial score (nSPS) is 12.6. The minimum Gasteiger partial charge on any atom is -0.271 e. The SMILES string of the molecule is NNC(Cc1ccsc1)Cc1cccc(Br)c1. The van der Waals surface area contributed by atoms with Gasteiger partial charge in [-0.15, -0.1) is 0 Å². The molecule has 0 saturated heterocycles. The summed E-state index contributed by atoms with van der Waals surface area (Å²) in [6.45, 7) is 0. The highest BCUT2D eigenvalue weighted by Gasteiger charge is 2.09. The fraction of sp³-hybridized carbons (Fsp3) is 0.231. The predicted molar refractivity (Wildman–Crippen MR) is 77.0 cm³/mol. The second-order valence-corrected chi connectivity index (χ2v) is 5.73. The summed E-state index contributed by atoms with van der Waals surface area (Å²) >= 11 is 5.21. The number of hydrogen-bond donors (Lipinski definition) is 2. The zero-order chi connectivity index (χ0) is 12.1. The lowest BCUT2D eigenvalue weighted by Gasteiger charge is -2.15. The fourth-order valence-electron chi connectivity index (χ4n) is 1.83. The molecule has 4 heteroatoms. The predicted octanol–water partition coefficient (Wildman–Crippen LogP) is 3.13. The van der Waals surface area contributed by atoms with Crippen molar-refractivity contribution in [1.29, 1.82) is 0 Å². The van der Waals surface area contributed by atoms with E-state index in [2.05, 4.69) is 56.4 Å². The zero-order valence-electron chi connectivity index (χ0n) is 9.40. The van der Waals surface area contributed by atoms with E-state index in [1.165, 1.54) is 11.1 Å². The first-order valence-electron chi connectivity index (χ1n) is 5.49. The first-order valence-corrected chi connectivity index (χ1v) is 7.23. The first-order chi connectivity index (χ1) is 8.28. The molecule has 0 aliphatic heterocycles. The van der Waals surface area contributed by atoms with Gasteiger partial charge in [0.1, 0.15) is 0 Å². The molecule has 0 aliphatic carbocycles. The second-order valence-electron chi connectivity index (χ2n) is 4.03. The third kappa shape index (κ3) is 3.92. The van der Waals surface area contributed by atoms with Crippen LogP contribution in [-0.2, 0) is 12.8 Å². The van der Waals surface area contributed by atoms with Gasteiger partial charge in [0.2, 0.25) is 0 Å². The van der Waals surface area contributed by atoms with Gasteiger partial charge in [-0.1, -0.05) is 28.1 Å². The number of rotatable bonds is 5. The summed E-state index contributed by atoms with van der Waals surface area (Å²) in [5, 5.41) is 4.27. The molecule has 1 aromatic heterocycles. The van der Waals surface area contributed by atoms with E-state index in [1.807, 2.05) is 6.07 Å². The van der Waals surface area contributed by atoms with Crippen LogP contribution >= 0.6 is 27.3 Å². The molecule has 0 radical (unpaired) electrons. The van der Waals surface area contributed by atoms with E-state index in [9.17, 15) is 0 Å². The van der Waals surface area contributed by atoms with E-state index in [0.717, 1.165) is 17.3 Å². The highest BCUT2D eigenvalue weighted by Crippen LogP contribution is 2.15. The van der Waals surface area contributed by atoms with E-state index < -0.39 is 0 Å². The van der Waals surface area contributed by atoms with Gasteiger partial charge in [-0.05, 0) is 52.9 Å². The quantitative estimate of drug-likeness (QED) is 0.658. The minimum atomic E-state index is 0.277. The van der Waals surface area contributed by atoms with E-state index in [4.69, 9.17) is 5.84 Å². The summed E-state index contributed by atoms with van der Waals surface area (Å²) in [6.07, 6.45) is 1.90. The molecule has 17 heavy (non-hydrogen) atoms. The second kappa shape index (κ2) is 6.31. The van der Waals surface area contributed by atoms with E-state index in [1.54, 1.807) is 11.3 Å². The smallest absolute Gasteiger partial charge is 0.0291 e. The molecule has 0 spiro atoms. The lowest BCUT2D eigenvalue weighted by molar-refractivity contribution is 0.523. The van der Waals surface area contributed by atoms with Crippen LogP contribution in [-0.4, -0.2) is 6.04 Å². The van der Waals surface area contributed by atoms with Crippen LogP contribution in [0.3, 0.4) is 0 Å². The number of hydrogen-bond acceptors (Lipinski definition) is 3. The van der Waals surface area contributed by atoms with Crippen molar-refractivity contribution in [2.75, 3.05) is 0 Å². The molecule has 3 N–H and O–H groups in total. The van der Waals surface area contributed by atoms with Crippen LogP contribution in [0.1, 0.15) is 11.1 Å². The average molecular weight is 311 g/mol.